The van der Waals surface area contributed by atoms with Crippen LogP contribution in [0.5, 0.6) is 0 Å². The van der Waals surface area contributed by atoms with Crippen LogP contribution in [0.2, 0.25) is 10.6 Å². The van der Waals surface area contributed by atoms with Crippen molar-refractivity contribution < 1.29 is 9.90 Å². The molecule has 7 nitrogen and oxygen atoms in total. The quantitative estimate of drug-likeness (QED) is 0.473. The van der Waals surface area contributed by atoms with Gasteiger partial charge in [-0.3, -0.25) is 0 Å². The standard InChI is InChI=1S/C10H15Cl2N5O2S2/c1-10(2,5-14-9(18)19)21-20-4-3-13-8-16-6(11)15-7(12)17-8/h14H,3-5H2,1-2H3,(H,18,19)(H,13,15,16,17). The van der Waals surface area contributed by atoms with Crippen molar-refractivity contribution in [2.75, 3.05) is 24.2 Å². The number of nitrogens with zero attached hydrogens (tertiary/aromatic N) is 3. The minimum atomic E-state index is -1.01. The van der Waals surface area contributed by atoms with Crippen molar-refractivity contribution in [1.29, 1.82) is 0 Å². The summed E-state index contributed by atoms with van der Waals surface area (Å²) in [6.45, 7) is 4.95. The number of hydrogen-bond donors (Lipinski definition) is 3. The highest BCUT2D eigenvalue weighted by Gasteiger charge is 2.19. The molecule has 0 aliphatic heterocycles. The van der Waals surface area contributed by atoms with E-state index < -0.39 is 6.09 Å². The lowest BCUT2D eigenvalue weighted by Gasteiger charge is -2.22. The van der Waals surface area contributed by atoms with E-state index in [1.807, 2.05) is 13.8 Å². The van der Waals surface area contributed by atoms with Crippen molar-refractivity contribution >= 4 is 56.8 Å². The number of amides is 1. The molecule has 0 fully saturated rings. The summed E-state index contributed by atoms with van der Waals surface area (Å²) in [6, 6.07) is 0. The molecule has 1 aromatic rings. The van der Waals surface area contributed by atoms with Crippen LogP contribution in [0.3, 0.4) is 0 Å². The van der Waals surface area contributed by atoms with Crippen molar-refractivity contribution in [3.63, 3.8) is 0 Å². The minimum Gasteiger partial charge on any atom is -0.465 e. The zero-order chi connectivity index (χ0) is 15.9. The van der Waals surface area contributed by atoms with Crippen molar-refractivity contribution in [3.8, 4) is 0 Å². The molecule has 3 N–H and O–H groups in total. The van der Waals surface area contributed by atoms with Crippen molar-refractivity contribution in [2.45, 2.75) is 18.6 Å². The Hall–Kier alpha value is -0.640. The van der Waals surface area contributed by atoms with Gasteiger partial charge in [-0.15, -0.1) is 0 Å². The smallest absolute Gasteiger partial charge is 0.404 e. The van der Waals surface area contributed by atoms with E-state index in [0.29, 0.717) is 19.0 Å². The number of nitrogens with one attached hydrogen (secondary N) is 2. The number of carboxylic acid groups (broad SMARTS) is 1. The SMILES string of the molecule is CC(C)(CNC(=O)O)SSCCNc1nc(Cl)nc(Cl)n1. The average molecular weight is 372 g/mol. The molecule has 0 saturated carbocycles. The molecule has 0 atom stereocenters. The van der Waals surface area contributed by atoms with Crippen LogP contribution in [-0.4, -0.2) is 49.7 Å². The Labute approximate surface area is 140 Å². The highest BCUT2D eigenvalue weighted by Crippen LogP contribution is 2.34. The first-order valence-corrected chi connectivity index (χ1v) is 8.94. The molecule has 0 aliphatic rings. The topological polar surface area (TPSA) is 100 Å². The summed E-state index contributed by atoms with van der Waals surface area (Å²) in [5.41, 5.74) is 0. The zero-order valence-electron chi connectivity index (χ0n) is 11.4. The Kier molecular flexibility index (Phi) is 7.64. The lowest BCUT2D eigenvalue weighted by molar-refractivity contribution is 0.193. The number of aromatic nitrogens is 3. The Balaban J connectivity index is 2.23. The average Bonchev–Trinajstić information content (AvgIpc) is 2.35. The van der Waals surface area contributed by atoms with Gasteiger partial charge in [-0.2, -0.15) is 15.0 Å². The van der Waals surface area contributed by atoms with Crippen LogP contribution in [0.4, 0.5) is 10.7 Å². The maximum atomic E-state index is 10.5. The molecule has 0 aromatic carbocycles. The fourth-order valence-electron chi connectivity index (χ4n) is 1.13. The van der Waals surface area contributed by atoms with E-state index in [0.717, 1.165) is 5.75 Å². The van der Waals surface area contributed by atoms with Gasteiger partial charge in [0.05, 0.1) is 0 Å². The number of hydrogen-bond acceptors (Lipinski definition) is 7. The molecule has 0 saturated heterocycles. The van der Waals surface area contributed by atoms with E-state index in [4.69, 9.17) is 28.3 Å². The second-order valence-electron chi connectivity index (χ2n) is 4.45. The summed E-state index contributed by atoms with van der Waals surface area (Å²) in [6.07, 6.45) is -1.01. The fraction of sp³-hybridized carbons (Fsp3) is 0.600. The van der Waals surface area contributed by atoms with Gasteiger partial charge in [-0.1, -0.05) is 21.6 Å². The van der Waals surface area contributed by atoms with Gasteiger partial charge in [0.15, 0.2) is 0 Å². The Morgan fingerprint density at radius 1 is 1.29 bits per heavy atom. The van der Waals surface area contributed by atoms with Crippen LogP contribution < -0.4 is 10.6 Å². The molecule has 0 radical (unpaired) electrons. The van der Waals surface area contributed by atoms with Crippen LogP contribution in [0.15, 0.2) is 0 Å². The molecular weight excluding hydrogens is 357 g/mol. The first-order chi connectivity index (χ1) is 9.78. The first-order valence-electron chi connectivity index (χ1n) is 5.87. The monoisotopic (exact) mass is 371 g/mol. The maximum Gasteiger partial charge on any atom is 0.404 e. The van der Waals surface area contributed by atoms with E-state index in [1.165, 1.54) is 0 Å². The largest absolute Gasteiger partial charge is 0.465 e. The Bertz CT molecular complexity index is 472. The summed E-state index contributed by atoms with van der Waals surface area (Å²) in [4.78, 5) is 21.9. The van der Waals surface area contributed by atoms with E-state index >= 15 is 0 Å². The summed E-state index contributed by atoms with van der Waals surface area (Å²) in [7, 11) is 3.23. The molecule has 1 heterocycles. The van der Waals surface area contributed by atoms with Crippen molar-refractivity contribution in [1.82, 2.24) is 20.3 Å². The van der Waals surface area contributed by atoms with E-state index in [1.54, 1.807) is 21.6 Å². The summed E-state index contributed by atoms with van der Waals surface area (Å²) >= 11 is 11.3. The molecule has 0 unspecified atom stereocenters. The molecule has 0 spiro atoms. The highest BCUT2D eigenvalue weighted by molar-refractivity contribution is 8.77. The van der Waals surface area contributed by atoms with Gasteiger partial charge in [0, 0.05) is 23.6 Å². The van der Waals surface area contributed by atoms with E-state index in [-0.39, 0.29) is 15.3 Å². The number of rotatable bonds is 8. The molecule has 0 bridgehead atoms. The van der Waals surface area contributed by atoms with Crippen molar-refractivity contribution in [3.05, 3.63) is 10.6 Å². The third-order valence-corrected chi connectivity index (χ3v) is 5.63. The van der Waals surface area contributed by atoms with E-state index in [9.17, 15) is 4.79 Å². The lowest BCUT2D eigenvalue weighted by Crippen LogP contribution is -2.34. The van der Waals surface area contributed by atoms with Crippen LogP contribution in [0, 0.1) is 0 Å². The molecular formula is C10H15Cl2N5O2S2. The molecule has 1 amide bonds. The predicted octanol–water partition coefficient (Wildman–Crippen LogP) is 3.02. The summed E-state index contributed by atoms with van der Waals surface area (Å²) in [5.74, 6) is 1.11. The zero-order valence-corrected chi connectivity index (χ0v) is 14.5. The molecule has 0 aliphatic carbocycles. The molecule has 1 rings (SSSR count). The number of carbonyl (C=O) groups is 1. The fourth-order valence-corrected chi connectivity index (χ4v) is 3.84. The Morgan fingerprint density at radius 2 is 1.90 bits per heavy atom. The summed E-state index contributed by atoms with van der Waals surface area (Å²) < 4.78 is -0.192. The van der Waals surface area contributed by atoms with Crippen LogP contribution in [-0.2, 0) is 0 Å². The highest BCUT2D eigenvalue weighted by atomic mass is 35.5. The summed E-state index contributed by atoms with van der Waals surface area (Å²) in [5, 5.41) is 14.0. The normalized spacial score (nSPS) is 11.2. The Morgan fingerprint density at radius 3 is 2.48 bits per heavy atom. The first kappa shape index (κ1) is 18.4. The lowest BCUT2D eigenvalue weighted by atomic mass is 10.2. The van der Waals surface area contributed by atoms with Gasteiger partial charge in [-0.25, -0.2) is 4.79 Å². The predicted molar refractivity (Wildman–Crippen MR) is 88.5 cm³/mol. The van der Waals surface area contributed by atoms with Gasteiger partial charge < -0.3 is 15.7 Å². The second kappa shape index (κ2) is 8.72. The van der Waals surface area contributed by atoms with Gasteiger partial charge in [0.1, 0.15) is 0 Å². The van der Waals surface area contributed by atoms with Crippen molar-refractivity contribution in [2.24, 2.45) is 0 Å². The van der Waals surface area contributed by atoms with Gasteiger partial charge in [0.2, 0.25) is 16.5 Å². The number of halogens is 2. The molecule has 1 aromatic heterocycles. The molecule has 118 valence electrons. The molecule has 21 heavy (non-hydrogen) atoms. The van der Waals surface area contributed by atoms with Crippen LogP contribution >= 0.6 is 44.8 Å². The minimum absolute atomic E-state index is 0.0420. The maximum absolute atomic E-state index is 10.5. The van der Waals surface area contributed by atoms with Gasteiger partial charge in [-0.05, 0) is 37.0 Å². The van der Waals surface area contributed by atoms with Crippen LogP contribution in [0.1, 0.15) is 13.8 Å². The van der Waals surface area contributed by atoms with Gasteiger partial charge >= 0.3 is 6.09 Å². The second-order valence-corrected chi connectivity index (χ2v) is 8.25. The molecule has 11 heteroatoms. The third kappa shape index (κ3) is 8.40. The van der Waals surface area contributed by atoms with Crippen LogP contribution in [0.25, 0.3) is 0 Å². The van der Waals surface area contributed by atoms with Gasteiger partial charge in [0.25, 0.3) is 0 Å². The number of anilines is 1. The van der Waals surface area contributed by atoms with E-state index in [2.05, 4.69) is 25.6 Å². The third-order valence-electron chi connectivity index (χ3n) is 2.00.